The van der Waals surface area contributed by atoms with Gasteiger partial charge in [0.15, 0.2) is 0 Å². The second kappa shape index (κ2) is 17.6. The van der Waals surface area contributed by atoms with Crippen LogP contribution in [0.3, 0.4) is 0 Å². The molecule has 6 N–H and O–H groups in total. The van der Waals surface area contributed by atoms with E-state index in [-0.39, 0.29) is 47.6 Å². The molecule has 4 aromatic rings. The van der Waals surface area contributed by atoms with Crippen molar-refractivity contribution in [1.82, 2.24) is 38.5 Å². The summed E-state index contributed by atoms with van der Waals surface area (Å²) in [5.41, 5.74) is 10.2. The number of nitrogen functional groups attached to an aromatic ring is 2. The number of aromatic nitrogens is 6. The predicted octanol–water partition coefficient (Wildman–Crippen LogP) is 1.17. The molecule has 2 aliphatic heterocycles. The zero-order valence-electron chi connectivity index (χ0n) is 33.1. The standard InChI is InChI=1S/2C19H24N6O3S/c2*1-4-5-15-13-24(29(27,28)16-6-7-17(20)21-12-16)8-9-25(15)18-22-10-14(11-23-18)19(2,3)26/h2*6-7,10-12,15,26H,8-9,13H2,1-3H3,(H2,20,21)/t2*15-/m10/s1. The number of nitrogens with two attached hydrogens (primary N) is 2. The molecule has 6 rings (SSSR count). The maximum absolute atomic E-state index is 13.0. The molecule has 0 spiro atoms. The van der Waals surface area contributed by atoms with Gasteiger partial charge >= 0.3 is 0 Å². The third kappa shape index (κ3) is 10.1. The fourth-order valence-corrected chi connectivity index (χ4v) is 8.74. The van der Waals surface area contributed by atoms with Crippen LogP contribution in [0.1, 0.15) is 52.7 Å². The van der Waals surface area contributed by atoms with Crippen molar-refractivity contribution in [3.8, 4) is 23.7 Å². The minimum absolute atomic E-state index is 0.0918. The lowest BCUT2D eigenvalue weighted by Crippen LogP contribution is -2.54. The summed E-state index contributed by atoms with van der Waals surface area (Å²) in [4.78, 5) is 29.1. The van der Waals surface area contributed by atoms with E-state index in [1.165, 1.54) is 45.3 Å². The zero-order chi connectivity index (χ0) is 42.5. The third-order valence-corrected chi connectivity index (χ3v) is 13.0. The van der Waals surface area contributed by atoms with Gasteiger partial charge in [-0.1, -0.05) is 11.8 Å². The molecule has 0 bridgehead atoms. The van der Waals surface area contributed by atoms with Crippen molar-refractivity contribution >= 4 is 43.6 Å². The highest BCUT2D eigenvalue weighted by molar-refractivity contribution is 7.89. The van der Waals surface area contributed by atoms with Crippen LogP contribution in [-0.2, 0) is 31.2 Å². The van der Waals surface area contributed by atoms with E-state index >= 15 is 0 Å². The summed E-state index contributed by atoms with van der Waals surface area (Å²) in [5, 5.41) is 20.1. The number of hydrogen-bond donors (Lipinski definition) is 4. The molecule has 308 valence electrons. The van der Waals surface area contributed by atoms with Crippen molar-refractivity contribution in [1.29, 1.82) is 0 Å². The van der Waals surface area contributed by atoms with Crippen LogP contribution in [0, 0.1) is 23.7 Å². The first-order chi connectivity index (χ1) is 27.2. The first kappa shape index (κ1) is 43.6. The van der Waals surface area contributed by atoms with Gasteiger partial charge in [-0.3, -0.25) is 0 Å². The Morgan fingerprint density at radius 1 is 0.586 bits per heavy atom. The van der Waals surface area contributed by atoms with Gasteiger partial charge in [0.05, 0.1) is 11.2 Å². The van der Waals surface area contributed by atoms with Crippen LogP contribution in [0.25, 0.3) is 0 Å². The van der Waals surface area contributed by atoms with E-state index < -0.39 is 43.3 Å². The molecule has 0 saturated carbocycles. The van der Waals surface area contributed by atoms with E-state index in [1.54, 1.807) is 66.3 Å². The van der Waals surface area contributed by atoms with Gasteiger partial charge in [-0.2, -0.15) is 8.61 Å². The van der Waals surface area contributed by atoms with Gasteiger partial charge in [-0.05, 0) is 65.8 Å². The van der Waals surface area contributed by atoms with Crippen LogP contribution < -0.4 is 21.3 Å². The van der Waals surface area contributed by atoms with Crippen LogP contribution in [0.5, 0.6) is 0 Å². The molecule has 0 unspecified atom stereocenters. The molecule has 2 aliphatic rings. The first-order valence-corrected chi connectivity index (χ1v) is 21.0. The quantitative estimate of drug-likeness (QED) is 0.182. The molecule has 0 aliphatic carbocycles. The molecular weight excluding hydrogens is 785 g/mol. The summed E-state index contributed by atoms with van der Waals surface area (Å²) in [6.45, 7) is 11.6. The van der Waals surface area contributed by atoms with Gasteiger partial charge in [0, 0.05) is 87.6 Å². The molecular formula is C38H48N12O6S2. The fourth-order valence-electron chi connectivity index (χ4n) is 5.97. The number of sulfonamides is 2. The van der Waals surface area contributed by atoms with E-state index in [4.69, 9.17) is 11.5 Å². The maximum Gasteiger partial charge on any atom is 0.244 e. The van der Waals surface area contributed by atoms with Crippen molar-refractivity contribution < 1.29 is 27.0 Å². The van der Waals surface area contributed by atoms with Crippen LogP contribution >= 0.6 is 0 Å². The Bertz CT molecular complexity index is 2210. The van der Waals surface area contributed by atoms with E-state index in [0.717, 1.165) is 0 Å². The van der Waals surface area contributed by atoms with Gasteiger partial charge in [0.2, 0.25) is 31.9 Å². The Morgan fingerprint density at radius 2 is 0.931 bits per heavy atom. The van der Waals surface area contributed by atoms with Gasteiger partial charge in [-0.15, -0.1) is 11.8 Å². The first-order valence-electron chi connectivity index (χ1n) is 18.2. The molecule has 2 atom stereocenters. The number of nitrogens with zero attached hydrogens (tertiary/aromatic N) is 10. The molecule has 58 heavy (non-hydrogen) atoms. The topological polar surface area (TPSA) is 251 Å². The highest BCUT2D eigenvalue weighted by Gasteiger charge is 2.36. The number of hydrogen-bond acceptors (Lipinski definition) is 16. The molecule has 4 aromatic heterocycles. The second-order valence-electron chi connectivity index (χ2n) is 14.4. The minimum Gasteiger partial charge on any atom is -0.386 e. The van der Waals surface area contributed by atoms with Gasteiger partial charge < -0.3 is 31.5 Å². The predicted molar refractivity (Wildman–Crippen MR) is 219 cm³/mol. The fraction of sp³-hybridized carbons (Fsp3) is 0.421. The van der Waals surface area contributed by atoms with Gasteiger partial charge in [0.1, 0.15) is 33.5 Å². The minimum atomic E-state index is -3.71. The van der Waals surface area contributed by atoms with E-state index in [0.29, 0.717) is 36.1 Å². The van der Waals surface area contributed by atoms with Crippen LogP contribution in [0.4, 0.5) is 23.5 Å². The Labute approximate surface area is 339 Å². The lowest BCUT2D eigenvalue weighted by atomic mass is 10.0. The molecule has 2 saturated heterocycles. The Kier molecular flexibility index (Phi) is 13.2. The van der Waals surface area contributed by atoms with Crippen LogP contribution in [0.2, 0.25) is 0 Å². The average molecular weight is 833 g/mol. The van der Waals surface area contributed by atoms with Crippen molar-refractivity contribution in [3.63, 3.8) is 0 Å². The summed E-state index contributed by atoms with van der Waals surface area (Å²) in [6, 6.07) is 5.01. The number of piperazine rings is 2. The number of anilines is 4. The lowest BCUT2D eigenvalue weighted by molar-refractivity contribution is 0.0772. The van der Waals surface area contributed by atoms with Crippen LogP contribution in [-0.4, -0.2) is 117 Å². The SMILES string of the molecule is CC#C[C@@H]1CN(S(=O)(=O)c2ccc(N)nc2)CCN1c1ncc(C(C)(C)O)cn1.CC#C[C@H]1CN(S(=O)(=O)c2ccc(N)nc2)CCN1c1ncc(C(C)(C)O)cn1. The van der Waals surface area contributed by atoms with Gasteiger partial charge in [-0.25, -0.2) is 46.7 Å². The molecule has 2 fully saturated rings. The summed E-state index contributed by atoms with van der Waals surface area (Å²) >= 11 is 0. The zero-order valence-corrected chi connectivity index (χ0v) is 34.8. The monoisotopic (exact) mass is 832 g/mol. The normalized spacial score (nSPS) is 18.2. The van der Waals surface area contributed by atoms with E-state index in [2.05, 4.69) is 53.6 Å². The Morgan fingerprint density at radius 3 is 1.21 bits per heavy atom. The summed E-state index contributed by atoms with van der Waals surface area (Å²) in [5.74, 6) is 13.2. The lowest BCUT2D eigenvalue weighted by Gasteiger charge is -2.38. The summed E-state index contributed by atoms with van der Waals surface area (Å²) in [6.07, 6.45) is 8.81. The maximum atomic E-state index is 13.0. The molecule has 6 heterocycles. The number of aliphatic hydroxyl groups is 2. The molecule has 18 nitrogen and oxygen atoms in total. The molecule has 0 aromatic carbocycles. The van der Waals surface area contributed by atoms with Crippen LogP contribution in [0.15, 0.2) is 71.2 Å². The van der Waals surface area contributed by atoms with Crippen molar-refractivity contribution in [2.75, 3.05) is 60.5 Å². The van der Waals surface area contributed by atoms with Gasteiger partial charge in [0.25, 0.3) is 0 Å². The van der Waals surface area contributed by atoms with Crippen molar-refractivity contribution in [2.24, 2.45) is 0 Å². The second-order valence-corrected chi connectivity index (χ2v) is 18.3. The highest BCUT2D eigenvalue weighted by atomic mass is 32.2. The Balaban J connectivity index is 0.000000221. The Hall–Kier alpha value is -5.48. The molecule has 0 radical (unpaired) electrons. The van der Waals surface area contributed by atoms with Crippen molar-refractivity contribution in [2.45, 2.75) is 74.6 Å². The van der Waals surface area contributed by atoms with E-state index in [9.17, 15) is 27.0 Å². The smallest absolute Gasteiger partial charge is 0.244 e. The highest BCUT2D eigenvalue weighted by Crippen LogP contribution is 2.26. The summed E-state index contributed by atoms with van der Waals surface area (Å²) in [7, 11) is -7.43. The molecule has 20 heteroatoms. The van der Waals surface area contributed by atoms with E-state index in [1.807, 2.05) is 9.80 Å². The average Bonchev–Trinajstić information content (AvgIpc) is 3.18. The third-order valence-electron chi connectivity index (χ3n) is 9.31. The number of rotatable bonds is 8. The number of pyridine rings is 2. The van der Waals surface area contributed by atoms with Crippen molar-refractivity contribution in [3.05, 3.63) is 72.6 Å². The molecule has 0 amide bonds. The summed E-state index contributed by atoms with van der Waals surface area (Å²) < 4.78 is 54.6. The largest absolute Gasteiger partial charge is 0.386 e.